The van der Waals surface area contributed by atoms with Crippen molar-refractivity contribution < 1.29 is 14.6 Å². The van der Waals surface area contributed by atoms with E-state index in [9.17, 15) is 9.90 Å². The summed E-state index contributed by atoms with van der Waals surface area (Å²) in [6.07, 6.45) is 0.554. The molecular weight excluding hydrogens is 256 g/mol. The molecule has 0 atom stereocenters. The third-order valence-electron chi connectivity index (χ3n) is 3.64. The predicted octanol–water partition coefficient (Wildman–Crippen LogP) is 2.34. The molecule has 2 heterocycles. The van der Waals surface area contributed by atoms with Crippen LogP contribution in [0, 0.1) is 13.8 Å². The van der Waals surface area contributed by atoms with Crippen molar-refractivity contribution in [2.45, 2.75) is 20.3 Å². The minimum Gasteiger partial charge on any atom is -0.493 e. The fourth-order valence-corrected chi connectivity index (χ4v) is 2.90. The molecule has 5 heteroatoms. The first-order valence-electron chi connectivity index (χ1n) is 6.52. The van der Waals surface area contributed by atoms with Gasteiger partial charge >= 0.3 is 5.97 Å². The molecule has 2 aromatic rings. The fraction of sp³-hybridized carbons (Fsp3) is 0.333. The molecule has 0 aliphatic carbocycles. The van der Waals surface area contributed by atoms with Crippen molar-refractivity contribution >= 4 is 5.97 Å². The van der Waals surface area contributed by atoms with Crippen LogP contribution in [-0.4, -0.2) is 27.5 Å². The molecule has 1 aliphatic rings. The van der Waals surface area contributed by atoms with Gasteiger partial charge in [-0.25, -0.2) is 4.79 Å². The molecule has 0 radical (unpaired) electrons. The van der Waals surface area contributed by atoms with Crippen molar-refractivity contribution in [1.29, 1.82) is 0 Å². The highest BCUT2D eigenvalue weighted by Crippen LogP contribution is 2.39. The Kier molecular flexibility index (Phi) is 2.78. The quantitative estimate of drug-likeness (QED) is 0.865. The highest BCUT2D eigenvalue weighted by Gasteiger charge is 2.27. The molecule has 0 amide bonds. The number of aromatic nitrogens is 2. The molecule has 0 fully saturated rings. The highest BCUT2D eigenvalue weighted by atomic mass is 16.5. The van der Waals surface area contributed by atoms with Crippen LogP contribution in [0.15, 0.2) is 12.1 Å². The van der Waals surface area contributed by atoms with Crippen molar-refractivity contribution in [3.8, 4) is 17.0 Å². The van der Waals surface area contributed by atoms with Crippen LogP contribution in [0.4, 0.5) is 0 Å². The van der Waals surface area contributed by atoms with E-state index in [1.807, 2.05) is 19.9 Å². The number of rotatable bonds is 1. The SMILES string of the molecule is Cc1cc(C)c2c(c1)OCCc1c(C(=O)O)nn(C)c1-2. The van der Waals surface area contributed by atoms with E-state index >= 15 is 0 Å². The summed E-state index contributed by atoms with van der Waals surface area (Å²) < 4.78 is 7.45. The molecule has 0 unspecified atom stereocenters. The topological polar surface area (TPSA) is 64.3 Å². The number of aromatic carboxylic acids is 1. The van der Waals surface area contributed by atoms with E-state index in [-0.39, 0.29) is 5.69 Å². The van der Waals surface area contributed by atoms with Gasteiger partial charge in [0.1, 0.15) is 5.75 Å². The number of nitrogens with zero attached hydrogens (tertiary/aromatic N) is 2. The third-order valence-corrected chi connectivity index (χ3v) is 3.64. The van der Waals surface area contributed by atoms with Crippen LogP contribution < -0.4 is 4.74 Å². The molecule has 0 spiro atoms. The molecule has 0 bridgehead atoms. The molecule has 1 N–H and O–H groups in total. The molecule has 20 heavy (non-hydrogen) atoms. The summed E-state index contributed by atoms with van der Waals surface area (Å²) >= 11 is 0. The van der Waals surface area contributed by atoms with Crippen LogP contribution in [0.5, 0.6) is 5.75 Å². The zero-order chi connectivity index (χ0) is 14.4. The van der Waals surface area contributed by atoms with E-state index in [1.54, 1.807) is 11.7 Å². The second kappa shape index (κ2) is 4.37. The number of aryl methyl sites for hydroxylation is 3. The Morgan fingerprint density at radius 1 is 1.40 bits per heavy atom. The first kappa shape index (κ1) is 12.7. The molecule has 104 valence electrons. The summed E-state index contributed by atoms with van der Waals surface area (Å²) in [4.78, 5) is 11.3. The van der Waals surface area contributed by atoms with Gasteiger partial charge in [0.15, 0.2) is 5.69 Å². The van der Waals surface area contributed by atoms with E-state index < -0.39 is 5.97 Å². The van der Waals surface area contributed by atoms with Gasteiger partial charge in [-0.3, -0.25) is 4.68 Å². The summed E-state index contributed by atoms with van der Waals surface area (Å²) in [5.41, 5.74) is 4.89. The fourth-order valence-electron chi connectivity index (χ4n) is 2.90. The van der Waals surface area contributed by atoms with Gasteiger partial charge in [-0.05, 0) is 31.0 Å². The van der Waals surface area contributed by atoms with Gasteiger partial charge in [-0.1, -0.05) is 6.07 Å². The summed E-state index contributed by atoms with van der Waals surface area (Å²) in [6.45, 7) is 4.50. The van der Waals surface area contributed by atoms with Gasteiger partial charge in [-0.15, -0.1) is 0 Å². The van der Waals surface area contributed by atoms with Gasteiger partial charge < -0.3 is 9.84 Å². The van der Waals surface area contributed by atoms with Gasteiger partial charge in [0.05, 0.1) is 12.3 Å². The Morgan fingerprint density at radius 3 is 2.85 bits per heavy atom. The number of ether oxygens (including phenoxy) is 1. The minimum atomic E-state index is -0.991. The van der Waals surface area contributed by atoms with Crippen molar-refractivity contribution in [3.63, 3.8) is 0 Å². The van der Waals surface area contributed by atoms with Crippen LogP contribution in [-0.2, 0) is 13.5 Å². The average Bonchev–Trinajstić information content (AvgIpc) is 2.56. The zero-order valence-corrected chi connectivity index (χ0v) is 11.7. The normalized spacial score (nSPS) is 13.2. The largest absolute Gasteiger partial charge is 0.493 e. The lowest BCUT2D eigenvalue weighted by Crippen LogP contribution is -2.05. The van der Waals surface area contributed by atoms with Gasteiger partial charge in [0.2, 0.25) is 0 Å². The maximum Gasteiger partial charge on any atom is 0.356 e. The van der Waals surface area contributed by atoms with Crippen LogP contribution in [0.3, 0.4) is 0 Å². The lowest BCUT2D eigenvalue weighted by molar-refractivity contribution is 0.0688. The van der Waals surface area contributed by atoms with Crippen molar-refractivity contribution in [2.24, 2.45) is 7.05 Å². The Hall–Kier alpha value is -2.30. The smallest absolute Gasteiger partial charge is 0.356 e. The van der Waals surface area contributed by atoms with Gasteiger partial charge in [-0.2, -0.15) is 5.10 Å². The van der Waals surface area contributed by atoms with E-state index in [0.717, 1.165) is 33.7 Å². The number of carboxylic acid groups (broad SMARTS) is 1. The van der Waals surface area contributed by atoms with Crippen LogP contribution in [0.1, 0.15) is 27.2 Å². The van der Waals surface area contributed by atoms with E-state index in [0.29, 0.717) is 13.0 Å². The third kappa shape index (κ3) is 1.78. The summed E-state index contributed by atoms with van der Waals surface area (Å²) in [7, 11) is 1.78. The summed E-state index contributed by atoms with van der Waals surface area (Å²) in [5, 5.41) is 13.4. The number of hydrogen-bond donors (Lipinski definition) is 1. The van der Waals surface area contributed by atoms with Gasteiger partial charge in [0, 0.05) is 24.6 Å². The lowest BCUT2D eigenvalue weighted by Gasteiger charge is -2.12. The molecule has 3 rings (SSSR count). The van der Waals surface area contributed by atoms with Crippen LogP contribution in [0.2, 0.25) is 0 Å². The zero-order valence-electron chi connectivity index (χ0n) is 11.7. The molecular formula is C15H16N2O3. The number of benzene rings is 1. The monoisotopic (exact) mass is 272 g/mol. The number of hydrogen-bond acceptors (Lipinski definition) is 3. The maximum absolute atomic E-state index is 11.3. The molecule has 0 saturated heterocycles. The predicted molar refractivity (Wildman–Crippen MR) is 74.3 cm³/mol. The Balaban J connectivity index is 2.35. The molecule has 5 nitrogen and oxygen atoms in total. The first-order chi connectivity index (χ1) is 9.49. The first-order valence-corrected chi connectivity index (χ1v) is 6.52. The summed E-state index contributed by atoms with van der Waals surface area (Å²) in [6, 6.07) is 4.07. The van der Waals surface area contributed by atoms with Crippen LogP contribution >= 0.6 is 0 Å². The molecule has 1 aromatic heterocycles. The summed E-state index contributed by atoms with van der Waals surface area (Å²) in [5.74, 6) is -0.184. The molecule has 1 aliphatic heterocycles. The standard InChI is InChI=1S/C15H16N2O3/c1-8-6-9(2)12-11(7-8)20-5-4-10-13(15(18)19)16-17(3)14(10)12/h6-7H,4-5H2,1-3H3,(H,18,19). The second-order valence-electron chi connectivity index (χ2n) is 5.16. The second-order valence-corrected chi connectivity index (χ2v) is 5.16. The lowest BCUT2D eigenvalue weighted by atomic mass is 9.98. The Labute approximate surface area is 116 Å². The van der Waals surface area contributed by atoms with Crippen molar-refractivity contribution in [3.05, 3.63) is 34.5 Å². The van der Waals surface area contributed by atoms with E-state index in [2.05, 4.69) is 11.2 Å². The van der Waals surface area contributed by atoms with E-state index in [1.165, 1.54) is 0 Å². The Morgan fingerprint density at radius 2 is 2.15 bits per heavy atom. The number of carbonyl (C=O) groups is 1. The molecule has 0 saturated carbocycles. The maximum atomic E-state index is 11.3. The number of fused-ring (bicyclic) bond motifs is 3. The van der Waals surface area contributed by atoms with Crippen molar-refractivity contribution in [1.82, 2.24) is 9.78 Å². The molecule has 1 aromatic carbocycles. The van der Waals surface area contributed by atoms with Crippen LogP contribution in [0.25, 0.3) is 11.3 Å². The van der Waals surface area contributed by atoms with E-state index in [4.69, 9.17) is 4.74 Å². The number of carboxylic acids is 1. The Bertz CT molecular complexity index is 716. The highest BCUT2D eigenvalue weighted by molar-refractivity contribution is 5.91. The van der Waals surface area contributed by atoms with Gasteiger partial charge in [0.25, 0.3) is 0 Å². The van der Waals surface area contributed by atoms with Crippen molar-refractivity contribution in [2.75, 3.05) is 6.61 Å². The minimum absolute atomic E-state index is 0.124. The average molecular weight is 272 g/mol.